The van der Waals surface area contributed by atoms with Gasteiger partial charge >= 0.3 is 0 Å². The monoisotopic (exact) mass is 284 g/mol. The zero-order valence-electron chi connectivity index (χ0n) is 8.98. The number of rotatable bonds is 5. The summed E-state index contributed by atoms with van der Waals surface area (Å²) in [5.74, 6) is -0.969. The Kier molecular flexibility index (Phi) is 4.54. The largest absolute Gasteiger partial charge is 0.385 e. The molecule has 1 unspecified atom stereocenters. The van der Waals surface area contributed by atoms with E-state index < -0.39 is 39.8 Å². The minimum atomic E-state index is -4.02. The standard InChI is InChI=1S/C9H11F3N2O3S/c10-6-3-5(18(13,16)17)1-2-7(6)14-4-8(15)9(11)12/h1-3,8-9,14-15H,4H2,(H2,13,16,17). The lowest BCUT2D eigenvalue weighted by molar-refractivity contribution is 0.00381. The maximum Gasteiger partial charge on any atom is 0.265 e. The molecule has 9 heteroatoms. The Morgan fingerprint density at radius 3 is 2.44 bits per heavy atom. The molecule has 0 aliphatic heterocycles. The Balaban J connectivity index is 2.81. The van der Waals surface area contributed by atoms with Crippen LogP contribution in [0.3, 0.4) is 0 Å². The number of sulfonamides is 1. The minimum Gasteiger partial charge on any atom is -0.385 e. The van der Waals surface area contributed by atoms with E-state index in [0.717, 1.165) is 12.1 Å². The number of nitrogens with one attached hydrogen (secondary N) is 1. The van der Waals surface area contributed by atoms with Crippen LogP contribution in [0.4, 0.5) is 18.9 Å². The molecule has 0 spiro atoms. The fraction of sp³-hybridized carbons (Fsp3) is 0.333. The van der Waals surface area contributed by atoms with Gasteiger partial charge in [0.2, 0.25) is 10.0 Å². The number of hydrogen-bond donors (Lipinski definition) is 3. The molecule has 0 aliphatic carbocycles. The molecule has 0 radical (unpaired) electrons. The van der Waals surface area contributed by atoms with E-state index in [1.807, 2.05) is 0 Å². The van der Waals surface area contributed by atoms with Crippen molar-refractivity contribution in [3.8, 4) is 0 Å². The van der Waals surface area contributed by atoms with Gasteiger partial charge in [0.15, 0.2) is 0 Å². The summed E-state index contributed by atoms with van der Waals surface area (Å²) >= 11 is 0. The zero-order valence-corrected chi connectivity index (χ0v) is 9.79. The molecule has 1 rings (SSSR count). The zero-order chi connectivity index (χ0) is 13.9. The van der Waals surface area contributed by atoms with E-state index >= 15 is 0 Å². The summed E-state index contributed by atoms with van der Waals surface area (Å²) in [6.45, 7) is -0.566. The molecule has 0 saturated heterocycles. The van der Waals surface area contributed by atoms with Gasteiger partial charge in [-0.25, -0.2) is 26.7 Å². The molecule has 18 heavy (non-hydrogen) atoms. The first kappa shape index (κ1) is 14.7. The highest BCUT2D eigenvalue weighted by molar-refractivity contribution is 7.89. The molecule has 0 aliphatic rings. The Labute approximate surface area is 101 Å². The maximum atomic E-state index is 13.4. The van der Waals surface area contributed by atoms with Gasteiger partial charge in [-0.1, -0.05) is 0 Å². The highest BCUT2D eigenvalue weighted by Crippen LogP contribution is 2.18. The van der Waals surface area contributed by atoms with Crippen molar-refractivity contribution < 1.29 is 26.7 Å². The molecule has 0 fully saturated rings. The number of aliphatic hydroxyl groups is 1. The van der Waals surface area contributed by atoms with Crippen molar-refractivity contribution in [1.29, 1.82) is 0 Å². The van der Waals surface area contributed by atoms with Crippen molar-refractivity contribution in [2.75, 3.05) is 11.9 Å². The smallest absolute Gasteiger partial charge is 0.265 e. The SMILES string of the molecule is NS(=O)(=O)c1ccc(NCC(O)C(F)F)c(F)c1. The molecule has 0 aromatic heterocycles. The normalized spacial score (nSPS) is 13.7. The second-order valence-electron chi connectivity index (χ2n) is 3.47. The molecule has 1 atom stereocenters. The summed E-state index contributed by atoms with van der Waals surface area (Å²) in [6, 6.07) is 2.72. The van der Waals surface area contributed by atoms with E-state index in [1.54, 1.807) is 0 Å². The number of halogens is 3. The number of aliphatic hydroxyl groups excluding tert-OH is 1. The van der Waals surface area contributed by atoms with E-state index in [0.29, 0.717) is 6.07 Å². The van der Waals surface area contributed by atoms with Crippen LogP contribution in [0.25, 0.3) is 0 Å². The van der Waals surface area contributed by atoms with Crippen LogP contribution < -0.4 is 10.5 Å². The summed E-state index contributed by atoms with van der Waals surface area (Å²) in [5, 5.41) is 15.8. The van der Waals surface area contributed by atoms with Crippen LogP contribution in [0.2, 0.25) is 0 Å². The molecular formula is C9H11F3N2O3S. The number of nitrogens with two attached hydrogens (primary N) is 1. The van der Waals surface area contributed by atoms with Crippen LogP contribution in [0.1, 0.15) is 0 Å². The molecule has 4 N–H and O–H groups in total. The van der Waals surface area contributed by atoms with Gasteiger partial charge in [0.1, 0.15) is 11.9 Å². The molecule has 1 aromatic rings. The summed E-state index contributed by atoms with van der Waals surface area (Å²) in [6.07, 6.45) is -4.90. The van der Waals surface area contributed by atoms with Crippen molar-refractivity contribution in [1.82, 2.24) is 0 Å². The topological polar surface area (TPSA) is 92.4 Å². The van der Waals surface area contributed by atoms with Gasteiger partial charge in [0.25, 0.3) is 6.43 Å². The third kappa shape index (κ3) is 3.86. The van der Waals surface area contributed by atoms with Crippen molar-refractivity contribution >= 4 is 15.7 Å². The number of hydrogen-bond acceptors (Lipinski definition) is 4. The Morgan fingerprint density at radius 1 is 1.39 bits per heavy atom. The van der Waals surface area contributed by atoms with Gasteiger partial charge in [-0.05, 0) is 18.2 Å². The van der Waals surface area contributed by atoms with Crippen LogP contribution >= 0.6 is 0 Å². The quantitative estimate of drug-likeness (QED) is 0.734. The van der Waals surface area contributed by atoms with E-state index in [9.17, 15) is 21.6 Å². The lowest BCUT2D eigenvalue weighted by Gasteiger charge is -2.12. The van der Waals surface area contributed by atoms with Gasteiger partial charge in [0.05, 0.1) is 10.6 Å². The third-order valence-electron chi connectivity index (χ3n) is 2.06. The first-order valence-electron chi connectivity index (χ1n) is 4.74. The number of alkyl halides is 2. The van der Waals surface area contributed by atoms with Gasteiger partial charge in [0, 0.05) is 6.54 Å². The van der Waals surface area contributed by atoms with Crippen LogP contribution in [-0.2, 0) is 10.0 Å². The molecular weight excluding hydrogens is 273 g/mol. The van der Waals surface area contributed by atoms with Gasteiger partial charge < -0.3 is 10.4 Å². The highest BCUT2D eigenvalue weighted by Gasteiger charge is 2.17. The molecule has 0 heterocycles. The summed E-state index contributed by atoms with van der Waals surface area (Å²) in [7, 11) is -4.02. The average molecular weight is 284 g/mol. The number of benzene rings is 1. The average Bonchev–Trinajstić information content (AvgIpc) is 2.25. The third-order valence-corrected chi connectivity index (χ3v) is 2.97. The van der Waals surface area contributed by atoms with E-state index in [1.165, 1.54) is 0 Å². The molecule has 0 bridgehead atoms. The van der Waals surface area contributed by atoms with Gasteiger partial charge in [-0.3, -0.25) is 0 Å². The van der Waals surface area contributed by atoms with Crippen molar-refractivity contribution in [2.24, 2.45) is 5.14 Å². The van der Waals surface area contributed by atoms with E-state index in [4.69, 9.17) is 10.2 Å². The lowest BCUT2D eigenvalue weighted by atomic mass is 10.3. The second-order valence-corrected chi connectivity index (χ2v) is 5.03. The number of anilines is 1. The lowest BCUT2D eigenvalue weighted by Crippen LogP contribution is -2.27. The van der Waals surface area contributed by atoms with E-state index in [2.05, 4.69) is 5.32 Å². The Morgan fingerprint density at radius 2 is 2.00 bits per heavy atom. The number of primary sulfonamides is 1. The van der Waals surface area contributed by atoms with Gasteiger partial charge in [-0.15, -0.1) is 0 Å². The van der Waals surface area contributed by atoms with Crippen LogP contribution in [-0.4, -0.2) is 32.6 Å². The predicted molar refractivity (Wildman–Crippen MR) is 58.3 cm³/mol. The molecule has 102 valence electrons. The van der Waals surface area contributed by atoms with Crippen molar-refractivity contribution in [3.63, 3.8) is 0 Å². The second kappa shape index (κ2) is 5.55. The minimum absolute atomic E-state index is 0.206. The molecule has 0 amide bonds. The van der Waals surface area contributed by atoms with Crippen molar-refractivity contribution in [3.05, 3.63) is 24.0 Å². The predicted octanol–water partition coefficient (Wildman–Crippen LogP) is 0.511. The fourth-order valence-corrected chi connectivity index (χ4v) is 1.65. The van der Waals surface area contributed by atoms with Crippen LogP contribution in [0.5, 0.6) is 0 Å². The summed E-state index contributed by atoms with van der Waals surface area (Å²) < 4.78 is 59.1. The molecule has 5 nitrogen and oxygen atoms in total. The summed E-state index contributed by atoms with van der Waals surface area (Å²) in [4.78, 5) is -0.431. The van der Waals surface area contributed by atoms with Crippen molar-refractivity contribution in [2.45, 2.75) is 17.4 Å². The fourth-order valence-electron chi connectivity index (χ4n) is 1.12. The molecule has 0 saturated carbocycles. The van der Waals surface area contributed by atoms with Crippen LogP contribution in [0.15, 0.2) is 23.1 Å². The van der Waals surface area contributed by atoms with Gasteiger partial charge in [-0.2, -0.15) is 0 Å². The first-order valence-corrected chi connectivity index (χ1v) is 6.29. The first-order chi connectivity index (χ1) is 8.21. The van der Waals surface area contributed by atoms with E-state index in [-0.39, 0.29) is 5.69 Å². The maximum absolute atomic E-state index is 13.4. The summed E-state index contributed by atoms with van der Waals surface area (Å²) in [5.41, 5.74) is -0.206. The molecule has 1 aromatic carbocycles. The Bertz CT molecular complexity index is 522. The highest BCUT2D eigenvalue weighted by atomic mass is 32.2. The van der Waals surface area contributed by atoms with Crippen LogP contribution in [0, 0.1) is 5.82 Å². The Hall–Kier alpha value is -1.32.